The number of aromatic nitrogens is 2. The Morgan fingerprint density at radius 3 is 3.00 bits per heavy atom. The molecule has 0 radical (unpaired) electrons. The third-order valence-corrected chi connectivity index (χ3v) is 2.70. The molecule has 1 aromatic heterocycles. The molecule has 86 valence electrons. The fourth-order valence-corrected chi connectivity index (χ4v) is 1.58. The number of nitrogens with zero attached hydrogens (tertiary/aromatic N) is 2. The second-order valence-electron chi connectivity index (χ2n) is 3.89. The van der Waals surface area contributed by atoms with Crippen molar-refractivity contribution < 1.29 is 15.0 Å². The molecule has 3 N–H and O–H groups in total. The number of carbonyl (C=O) groups is 1. The summed E-state index contributed by atoms with van der Waals surface area (Å²) >= 11 is 0. The van der Waals surface area contributed by atoms with E-state index in [2.05, 4.69) is 15.3 Å². The topological polar surface area (TPSA) is 95.3 Å². The fourth-order valence-electron chi connectivity index (χ4n) is 1.58. The summed E-state index contributed by atoms with van der Waals surface area (Å²) in [5.41, 5.74) is 0. The first-order chi connectivity index (χ1) is 7.70. The summed E-state index contributed by atoms with van der Waals surface area (Å²) in [6.45, 7) is 0.928. The largest absolute Gasteiger partial charge is 0.475 e. The Morgan fingerprint density at radius 2 is 2.38 bits per heavy atom. The van der Waals surface area contributed by atoms with Crippen LogP contribution in [-0.4, -0.2) is 39.3 Å². The van der Waals surface area contributed by atoms with Crippen LogP contribution >= 0.6 is 0 Å². The minimum atomic E-state index is -1.14. The molecule has 1 aromatic rings. The van der Waals surface area contributed by atoms with Gasteiger partial charge in [-0.25, -0.2) is 14.8 Å². The number of aliphatic hydroxyl groups is 1. The summed E-state index contributed by atoms with van der Waals surface area (Å²) in [5.74, 6) is 0.0142. The van der Waals surface area contributed by atoms with Crippen LogP contribution in [0.1, 0.15) is 17.0 Å². The van der Waals surface area contributed by atoms with E-state index in [9.17, 15) is 4.79 Å². The van der Waals surface area contributed by atoms with Crippen molar-refractivity contribution in [1.82, 2.24) is 9.97 Å². The molecular weight excluding hydrogens is 210 g/mol. The van der Waals surface area contributed by atoms with Crippen LogP contribution in [0, 0.1) is 11.8 Å². The van der Waals surface area contributed by atoms with Gasteiger partial charge in [-0.15, -0.1) is 0 Å². The van der Waals surface area contributed by atoms with Gasteiger partial charge in [0.2, 0.25) is 5.82 Å². The van der Waals surface area contributed by atoms with Crippen molar-refractivity contribution in [3.8, 4) is 0 Å². The molecule has 0 aliphatic heterocycles. The van der Waals surface area contributed by atoms with Gasteiger partial charge in [-0.05, 0) is 24.3 Å². The van der Waals surface area contributed by atoms with E-state index in [-0.39, 0.29) is 12.4 Å². The molecule has 0 amide bonds. The average Bonchev–Trinajstić information content (AvgIpc) is 3.05. The smallest absolute Gasteiger partial charge is 0.374 e. The zero-order chi connectivity index (χ0) is 11.5. The number of hydrogen-bond acceptors (Lipinski definition) is 5. The van der Waals surface area contributed by atoms with Crippen LogP contribution in [0.3, 0.4) is 0 Å². The van der Waals surface area contributed by atoms with Crippen LogP contribution in [0.25, 0.3) is 0 Å². The molecule has 1 heterocycles. The molecule has 0 bridgehead atoms. The van der Waals surface area contributed by atoms with Crippen molar-refractivity contribution in [2.24, 2.45) is 11.8 Å². The van der Waals surface area contributed by atoms with Crippen molar-refractivity contribution in [3.05, 3.63) is 18.1 Å². The monoisotopic (exact) mass is 223 g/mol. The lowest BCUT2D eigenvalue weighted by Gasteiger charge is -2.04. The first-order valence-corrected chi connectivity index (χ1v) is 5.11. The quantitative estimate of drug-likeness (QED) is 0.660. The normalized spacial score (nSPS) is 22.8. The molecule has 0 saturated heterocycles. The lowest BCUT2D eigenvalue weighted by atomic mass is 10.3. The summed E-state index contributed by atoms with van der Waals surface area (Å²) in [6, 6.07) is 1.63. The van der Waals surface area contributed by atoms with Gasteiger partial charge >= 0.3 is 5.97 Å². The van der Waals surface area contributed by atoms with Crippen LogP contribution in [0.15, 0.2) is 12.3 Å². The second-order valence-corrected chi connectivity index (χ2v) is 3.89. The van der Waals surface area contributed by atoms with Crippen LogP contribution in [-0.2, 0) is 0 Å². The molecule has 16 heavy (non-hydrogen) atoms. The third-order valence-electron chi connectivity index (χ3n) is 2.70. The minimum absolute atomic E-state index is 0.209. The Bertz CT molecular complexity index is 397. The van der Waals surface area contributed by atoms with Gasteiger partial charge in [0, 0.05) is 19.3 Å². The molecule has 2 rings (SSSR count). The zero-order valence-corrected chi connectivity index (χ0v) is 8.63. The zero-order valence-electron chi connectivity index (χ0n) is 8.63. The van der Waals surface area contributed by atoms with Crippen molar-refractivity contribution in [2.45, 2.75) is 6.42 Å². The first kappa shape index (κ1) is 10.8. The second kappa shape index (κ2) is 4.44. The Morgan fingerprint density at radius 1 is 1.56 bits per heavy atom. The maximum absolute atomic E-state index is 10.6. The highest BCUT2D eigenvalue weighted by molar-refractivity contribution is 5.83. The van der Waals surface area contributed by atoms with Gasteiger partial charge in [0.15, 0.2) is 0 Å². The number of aromatic carboxylic acids is 1. The predicted molar refractivity (Wildman–Crippen MR) is 56.2 cm³/mol. The van der Waals surface area contributed by atoms with E-state index in [0.717, 1.165) is 6.42 Å². The van der Waals surface area contributed by atoms with Gasteiger partial charge in [-0.2, -0.15) is 0 Å². The van der Waals surface area contributed by atoms with E-state index < -0.39 is 5.97 Å². The molecular formula is C10H13N3O3. The van der Waals surface area contributed by atoms with E-state index in [1.165, 1.54) is 6.20 Å². The number of nitrogens with one attached hydrogen (secondary N) is 1. The SMILES string of the molecule is O=C(O)c1nccc(NC[C@H]2C[C@H]2CO)n1. The lowest BCUT2D eigenvalue weighted by molar-refractivity contribution is 0.0683. The highest BCUT2D eigenvalue weighted by Gasteiger charge is 2.35. The summed E-state index contributed by atoms with van der Waals surface area (Å²) in [7, 11) is 0. The summed E-state index contributed by atoms with van der Waals surface area (Å²) in [4.78, 5) is 18.1. The number of carboxylic acids is 1. The van der Waals surface area contributed by atoms with Crippen molar-refractivity contribution in [3.63, 3.8) is 0 Å². The number of aliphatic hydroxyl groups excluding tert-OH is 1. The van der Waals surface area contributed by atoms with Gasteiger partial charge < -0.3 is 15.5 Å². The predicted octanol–water partition coefficient (Wildman–Crippen LogP) is 0.215. The molecule has 0 spiro atoms. The van der Waals surface area contributed by atoms with E-state index >= 15 is 0 Å². The van der Waals surface area contributed by atoms with E-state index in [1.807, 2.05) is 0 Å². The van der Waals surface area contributed by atoms with Gasteiger partial charge in [0.1, 0.15) is 5.82 Å². The third kappa shape index (κ3) is 2.46. The fraction of sp³-hybridized carbons (Fsp3) is 0.500. The molecule has 6 nitrogen and oxygen atoms in total. The molecule has 1 saturated carbocycles. The van der Waals surface area contributed by atoms with E-state index in [0.29, 0.717) is 24.2 Å². The molecule has 0 aromatic carbocycles. The summed E-state index contributed by atoms with van der Waals surface area (Å²) in [5, 5.41) is 20.6. The Hall–Kier alpha value is -1.69. The van der Waals surface area contributed by atoms with Crippen LogP contribution in [0.5, 0.6) is 0 Å². The Kier molecular flexibility index (Phi) is 3.00. The summed E-state index contributed by atoms with van der Waals surface area (Å²) in [6.07, 6.45) is 2.43. The summed E-state index contributed by atoms with van der Waals surface area (Å²) < 4.78 is 0. The van der Waals surface area contributed by atoms with Gasteiger partial charge in [-0.3, -0.25) is 0 Å². The lowest BCUT2D eigenvalue weighted by Crippen LogP contribution is -2.10. The van der Waals surface area contributed by atoms with Gasteiger partial charge in [-0.1, -0.05) is 0 Å². The molecule has 1 fully saturated rings. The van der Waals surface area contributed by atoms with E-state index in [1.54, 1.807) is 6.07 Å². The van der Waals surface area contributed by atoms with Crippen LogP contribution < -0.4 is 5.32 Å². The number of anilines is 1. The first-order valence-electron chi connectivity index (χ1n) is 5.11. The molecule has 6 heteroatoms. The van der Waals surface area contributed by atoms with Gasteiger partial charge in [0.25, 0.3) is 0 Å². The number of carboxylic acid groups (broad SMARTS) is 1. The minimum Gasteiger partial charge on any atom is -0.475 e. The number of rotatable bonds is 5. The highest BCUT2D eigenvalue weighted by atomic mass is 16.4. The molecule has 1 aliphatic carbocycles. The molecule has 0 unspecified atom stereocenters. The van der Waals surface area contributed by atoms with Crippen LogP contribution in [0.4, 0.5) is 5.82 Å². The molecule has 1 aliphatic rings. The van der Waals surface area contributed by atoms with Crippen molar-refractivity contribution in [1.29, 1.82) is 0 Å². The van der Waals surface area contributed by atoms with E-state index in [4.69, 9.17) is 10.2 Å². The van der Waals surface area contributed by atoms with Crippen LogP contribution in [0.2, 0.25) is 0 Å². The standard InChI is InChI=1S/C10H13N3O3/c14-5-7-3-6(7)4-12-8-1-2-11-9(13-8)10(15)16/h1-2,6-7,14H,3-5H2,(H,15,16)(H,11,12,13)/t6-,7+/m1/s1. The maximum Gasteiger partial charge on any atom is 0.374 e. The number of hydrogen-bond donors (Lipinski definition) is 3. The molecule has 2 atom stereocenters. The highest BCUT2D eigenvalue weighted by Crippen LogP contribution is 2.37. The maximum atomic E-state index is 10.6. The van der Waals surface area contributed by atoms with Crippen molar-refractivity contribution >= 4 is 11.8 Å². The Balaban J connectivity index is 1.89. The Labute approximate surface area is 92.4 Å². The van der Waals surface area contributed by atoms with Crippen molar-refractivity contribution in [2.75, 3.05) is 18.5 Å². The van der Waals surface area contributed by atoms with Gasteiger partial charge in [0.05, 0.1) is 0 Å². The average molecular weight is 223 g/mol.